The van der Waals surface area contributed by atoms with Gasteiger partial charge in [0.1, 0.15) is 6.17 Å². The molecule has 0 radical (unpaired) electrons. The molecule has 1 atom stereocenters. The maximum atomic E-state index is 12.6. The molecule has 0 aliphatic rings. The topological polar surface area (TPSA) is 43.1 Å². The Hall–Kier alpha value is -1.45. The summed E-state index contributed by atoms with van der Waals surface area (Å²) >= 11 is 0. The zero-order chi connectivity index (χ0) is 9.14. The molecule has 0 saturated carbocycles. The van der Waals surface area contributed by atoms with Crippen molar-refractivity contribution in [1.29, 1.82) is 0 Å². The normalized spacial score (nSPS) is 12.5. The highest BCUT2D eigenvalue weighted by molar-refractivity contribution is 5.33. The molecule has 0 unspecified atom stereocenters. The second kappa shape index (κ2) is 3.30. The van der Waals surface area contributed by atoms with E-state index in [1.54, 1.807) is 0 Å². The van der Waals surface area contributed by atoms with Crippen LogP contribution in [0.3, 0.4) is 0 Å². The van der Waals surface area contributed by atoms with Gasteiger partial charge in [-0.3, -0.25) is 10.1 Å². The largest absolute Gasteiger partial charge is 0.269 e. The molecule has 0 N–H and O–H groups in total. The minimum Gasteiger partial charge on any atom is -0.258 e. The second-order valence-corrected chi connectivity index (χ2v) is 2.46. The van der Waals surface area contributed by atoms with E-state index in [-0.39, 0.29) is 5.69 Å². The van der Waals surface area contributed by atoms with Gasteiger partial charge in [0.25, 0.3) is 5.69 Å². The van der Waals surface area contributed by atoms with Crippen LogP contribution in [-0.2, 0) is 0 Å². The number of nitro benzene ring substituents is 1. The van der Waals surface area contributed by atoms with Crippen molar-refractivity contribution in [2.24, 2.45) is 0 Å². The first-order chi connectivity index (χ1) is 5.61. The summed E-state index contributed by atoms with van der Waals surface area (Å²) in [6.45, 7) is 1.39. The summed E-state index contributed by atoms with van der Waals surface area (Å²) in [6.07, 6.45) is -1.08. The van der Waals surface area contributed by atoms with E-state index in [1.165, 1.54) is 31.2 Å². The van der Waals surface area contributed by atoms with E-state index < -0.39 is 11.1 Å². The SMILES string of the molecule is C[C@@H](F)c1ccc([N+](=O)[O-])cc1. The Morgan fingerprint density at radius 2 is 1.92 bits per heavy atom. The van der Waals surface area contributed by atoms with Crippen LogP contribution in [0.25, 0.3) is 0 Å². The third-order valence-electron chi connectivity index (χ3n) is 1.56. The van der Waals surface area contributed by atoms with Crippen LogP contribution in [0, 0.1) is 10.1 Å². The first-order valence-electron chi connectivity index (χ1n) is 3.49. The molecular formula is C8H8FNO2. The molecule has 1 aromatic carbocycles. The molecule has 4 heteroatoms. The quantitative estimate of drug-likeness (QED) is 0.504. The van der Waals surface area contributed by atoms with E-state index >= 15 is 0 Å². The fourth-order valence-corrected chi connectivity index (χ4v) is 0.861. The predicted molar refractivity (Wildman–Crippen MR) is 42.6 cm³/mol. The lowest BCUT2D eigenvalue weighted by molar-refractivity contribution is -0.384. The molecule has 1 aromatic rings. The van der Waals surface area contributed by atoms with Crippen LogP contribution in [0.4, 0.5) is 10.1 Å². The first kappa shape index (κ1) is 8.64. The average Bonchev–Trinajstić information content (AvgIpc) is 2.04. The molecule has 3 nitrogen and oxygen atoms in total. The van der Waals surface area contributed by atoms with Gasteiger partial charge in [0, 0.05) is 12.1 Å². The monoisotopic (exact) mass is 169 g/mol. The van der Waals surface area contributed by atoms with Crippen molar-refractivity contribution >= 4 is 5.69 Å². The third kappa shape index (κ3) is 1.78. The summed E-state index contributed by atoms with van der Waals surface area (Å²) in [5, 5.41) is 10.2. The molecule has 0 aliphatic carbocycles. The number of nitro groups is 1. The van der Waals surface area contributed by atoms with E-state index in [4.69, 9.17) is 0 Å². The lowest BCUT2D eigenvalue weighted by Crippen LogP contribution is -1.89. The number of rotatable bonds is 2. The van der Waals surface area contributed by atoms with E-state index in [9.17, 15) is 14.5 Å². The molecule has 0 saturated heterocycles. The standard InChI is InChI=1S/C8H8FNO2/c1-6(9)7-2-4-8(5-3-7)10(11)12/h2-6H,1H3/t6-/m1/s1. The van der Waals surface area contributed by atoms with Crippen molar-refractivity contribution in [3.63, 3.8) is 0 Å². The molecule has 0 bridgehead atoms. The van der Waals surface area contributed by atoms with Crippen LogP contribution in [0.1, 0.15) is 18.7 Å². The maximum absolute atomic E-state index is 12.6. The van der Waals surface area contributed by atoms with Crippen molar-refractivity contribution in [2.75, 3.05) is 0 Å². The molecule has 64 valence electrons. The van der Waals surface area contributed by atoms with Gasteiger partial charge < -0.3 is 0 Å². The van der Waals surface area contributed by atoms with Crippen LogP contribution in [0.2, 0.25) is 0 Å². The fraction of sp³-hybridized carbons (Fsp3) is 0.250. The average molecular weight is 169 g/mol. The number of non-ortho nitro benzene ring substituents is 1. The highest BCUT2D eigenvalue weighted by Gasteiger charge is 2.06. The lowest BCUT2D eigenvalue weighted by atomic mass is 10.1. The fourth-order valence-electron chi connectivity index (χ4n) is 0.861. The number of halogens is 1. The van der Waals surface area contributed by atoms with E-state index in [0.717, 1.165) is 0 Å². The number of hydrogen-bond donors (Lipinski definition) is 0. The zero-order valence-corrected chi connectivity index (χ0v) is 6.53. The highest BCUT2D eigenvalue weighted by Crippen LogP contribution is 2.19. The van der Waals surface area contributed by atoms with E-state index in [1.807, 2.05) is 0 Å². The Labute approximate surface area is 69.0 Å². The van der Waals surface area contributed by atoms with Crippen LogP contribution < -0.4 is 0 Å². The van der Waals surface area contributed by atoms with Crippen molar-refractivity contribution in [1.82, 2.24) is 0 Å². The van der Waals surface area contributed by atoms with Gasteiger partial charge >= 0.3 is 0 Å². The minimum atomic E-state index is -1.08. The van der Waals surface area contributed by atoms with Crippen molar-refractivity contribution in [3.05, 3.63) is 39.9 Å². The van der Waals surface area contributed by atoms with Crippen LogP contribution >= 0.6 is 0 Å². The van der Waals surface area contributed by atoms with Crippen molar-refractivity contribution in [2.45, 2.75) is 13.1 Å². The minimum absolute atomic E-state index is 0.0144. The Morgan fingerprint density at radius 3 is 2.25 bits per heavy atom. The van der Waals surface area contributed by atoms with Gasteiger partial charge in [-0.05, 0) is 24.6 Å². The van der Waals surface area contributed by atoms with Gasteiger partial charge in [0.05, 0.1) is 4.92 Å². The Balaban J connectivity index is 2.93. The molecule has 0 heterocycles. The first-order valence-corrected chi connectivity index (χ1v) is 3.49. The number of alkyl halides is 1. The summed E-state index contributed by atoms with van der Waals surface area (Å²) in [6, 6.07) is 5.43. The third-order valence-corrected chi connectivity index (χ3v) is 1.56. The molecular weight excluding hydrogens is 161 g/mol. The van der Waals surface area contributed by atoms with Crippen molar-refractivity contribution < 1.29 is 9.31 Å². The highest BCUT2D eigenvalue weighted by atomic mass is 19.1. The van der Waals surface area contributed by atoms with E-state index in [0.29, 0.717) is 5.56 Å². The van der Waals surface area contributed by atoms with Gasteiger partial charge in [-0.25, -0.2) is 4.39 Å². The van der Waals surface area contributed by atoms with Crippen LogP contribution in [-0.4, -0.2) is 4.92 Å². The molecule has 1 rings (SSSR count). The lowest BCUT2D eigenvalue weighted by Gasteiger charge is -1.99. The Morgan fingerprint density at radius 1 is 1.42 bits per heavy atom. The summed E-state index contributed by atoms with van der Waals surface area (Å²) < 4.78 is 12.6. The molecule has 0 aliphatic heterocycles. The number of benzene rings is 1. The molecule has 12 heavy (non-hydrogen) atoms. The summed E-state index contributed by atoms with van der Waals surface area (Å²) in [4.78, 5) is 9.69. The zero-order valence-electron chi connectivity index (χ0n) is 6.53. The summed E-state index contributed by atoms with van der Waals surface area (Å²) in [5.74, 6) is 0. The maximum Gasteiger partial charge on any atom is 0.269 e. The van der Waals surface area contributed by atoms with E-state index in [2.05, 4.69) is 0 Å². The van der Waals surface area contributed by atoms with Crippen LogP contribution in [0.5, 0.6) is 0 Å². The smallest absolute Gasteiger partial charge is 0.258 e. The summed E-state index contributed by atoms with van der Waals surface area (Å²) in [7, 11) is 0. The number of hydrogen-bond acceptors (Lipinski definition) is 2. The molecule has 0 fully saturated rings. The van der Waals surface area contributed by atoms with Gasteiger partial charge in [0.2, 0.25) is 0 Å². The Kier molecular flexibility index (Phi) is 2.38. The number of nitrogens with zero attached hydrogens (tertiary/aromatic N) is 1. The van der Waals surface area contributed by atoms with Gasteiger partial charge in [0.15, 0.2) is 0 Å². The van der Waals surface area contributed by atoms with Crippen molar-refractivity contribution in [3.8, 4) is 0 Å². The Bertz CT molecular complexity index is 282. The summed E-state index contributed by atoms with van der Waals surface area (Å²) in [5.41, 5.74) is 0.444. The molecule has 0 aromatic heterocycles. The van der Waals surface area contributed by atoms with Gasteiger partial charge in [-0.15, -0.1) is 0 Å². The van der Waals surface area contributed by atoms with Crippen LogP contribution in [0.15, 0.2) is 24.3 Å². The molecule has 0 amide bonds. The van der Waals surface area contributed by atoms with Gasteiger partial charge in [-0.2, -0.15) is 0 Å². The van der Waals surface area contributed by atoms with Gasteiger partial charge in [-0.1, -0.05) is 0 Å². The predicted octanol–water partition coefficient (Wildman–Crippen LogP) is 2.63. The molecule has 0 spiro atoms. The second-order valence-electron chi connectivity index (χ2n) is 2.46.